The van der Waals surface area contributed by atoms with E-state index in [2.05, 4.69) is 36.8 Å². The molecule has 0 aliphatic heterocycles. The van der Waals surface area contributed by atoms with Gasteiger partial charge in [0.15, 0.2) is 0 Å². The standard InChI is InChI=1S/C7H4Br2ClF2N/c8-1-4-6(10)5(7(11)12)3(9)2-13-4/h2,7H,1H2. The van der Waals surface area contributed by atoms with Gasteiger partial charge in [-0.1, -0.05) is 27.5 Å². The highest BCUT2D eigenvalue weighted by Crippen LogP contribution is 2.35. The maximum Gasteiger partial charge on any atom is 0.266 e. The molecule has 0 spiro atoms. The van der Waals surface area contributed by atoms with Crippen molar-refractivity contribution in [1.29, 1.82) is 0 Å². The van der Waals surface area contributed by atoms with Crippen LogP contribution in [0.1, 0.15) is 17.7 Å². The van der Waals surface area contributed by atoms with E-state index < -0.39 is 6.43 Å². The van der Waals surface area contributed by atoms with E-state index in [4.69, 9.17) is 11.6 Å². The molecule has 1 aromatic rings. The average molecular weight is 335 g/mol. The molecule has 1 rings (SSSR count). The number of aromatic nitrogens is 1. The highest BCUT2D eigenvalue weighted by atomic mass is 79.9. The van der Waals surface area contributed by atoms with Crippen LogP contribution in [-0.4, -0.2) is 4.98 Å². The molecule has 0 aliphatic carbocycles. The fourth-order valence-corrected chi connectivity index (χ4v) is 2.29. The average Bonchev–Trinajstić information content (AvgIpc) is 2.04. The number of hydrogen-bond donors (Lipinski definition) is 0. The molecular formula is C7H4Br2ClF2N. The Hall–Kier alpha value is 0.260. The molecule has 0 aromatic carbocycles. The molecule has 0 atom stereocenters. The van der Waals surface area contributed by atoms with E-state index in [-0.39, 0.29) is 15.1 Å². The minimum atomic E-state index is -2.59. The molecule has 0 radical (unpaired) electrons. The van der Waals surface area contributed by atoms with Gasteiger partial charge in [-0.25, -0.2) is 8.78 Å². The first-order valence-electron chi connectivity index (χ1n) is 3.24. The van der Waals surface area contributed by atoms with Crippen molar-refractivity contribution in [2.24, 2.45) is 0 Å². The minimum Gasteiger partial charge on any atom is -0.258 e. The van der Waals surface area contributed by atoms with Crippen molar-refractivity contribution in [3.05, 3.63) is 26.9 Å². The monoisotopic (exact) mass is 333 g/mol. The SMILES string of the molecule is FC(F)c1c(Br)cnc(CBr)c1Cl. The van der Waals surface area contributed by atoms with Crippen molar-refractivity contribution >= 4 is 43.5 Å². The van der Waals surface area contributed by atoms with Crippen molar-refractivity contribution in [3.8, 4) is 0 Å². The van der Waals surface area contributed by atoms with Crippen molar-refractivity contribution in [2.45, 2.75) is 11.8 Å². The predicted molar refractivity (Wildman–Crippen MR) is 54.5 cm³/mol. The van der Waals surface area contributed by atoms with Crippen LogP contribution in [0.25, 0.3) is 0 Å². The summed E-state index contributed by atoms with van der Waals surface area (Å²) in [5, 5.41) is 0.375. The molecule has 0 bridgehead atoms. The number of pyridine rings is 1. The highest BCUT2D eigenvalue weighted by Gasteiger charge is 2.18. The summed E-state index contributed by atoms with van der Waals surface area (Å²) in [4.78, 5) is 3.88. The van der Waals surface area contributed by atoms with Crippen LogP contribution in [0.15, 0.2) is 10.7 Å². The zero-order valence-corrected chi connectivity index (χ0v) is 10.1. The maximum absolute atomic E-state index is 12.4. The third-order valence-corrected chi connectivity index (χ3v) is 3.01. The zero-order valence-electron chi connectivity index (χ0n) is 6.20. The highest BCUT2D eigenvalue weighted by molar-refractivity contribution is 9.10. The molecule has 0 amide bonds. The molecule has 1 nitrogen and oxygen atoms in total. The summed E-state index contributed by atoms with van der Waals surface area (Å²) in [6.45, 7) is 0. The lowest BCUT2D eigenvalue weighted by atomic mass is 10.2. The van der Waals surface area contributed by atoms with Crippen LogP contribution in [0.5, 0.6) is 0 Å². The Bertz CT molecular complexity index is 320. The van der Waals surface area contributed by atoms with Crippen molar-refractivity contribution in [2.75, 3.05) is 0 Å². The first-order valence-corrected chi connectivity index (χ1v) is 5.54. The summed E-state index contributed by atoms with van der Waals surface area (Å²) >= 11 is 11.8. The molecule has 6 heteroatoms. The second kappa shape index (κ2) is 4.66. The van der Waals surface area contributed by atoms with Gasteiger partial charge >= 0.3 is 0 Å². The van der Waals surface area contributed by atoms with Gasteiger partial charge in [-0.05, 0) is 15.9 Å². The lowest BCUT2D eigenvalue weighted by Crippen LogP contribution is -1.95. The Labute approximate surface area is 95.8 Å². The molecule has 0 N–H and O–H groups in total. The first-order chi connectivity index (χ1) is 6.07. The summed E-state index contributed by atoms with van der Waals surface area (Å²) in [6, 6.07) is 0. The Morgan fingerprint density at radius 3 is 2.62 bits per heavy atom. The van der Waals surface area contributed by atoms with E-state index in [0.29, 0.717) is 11.0 Å². The van der Waals surface area contributed by atoms with E-state index in [1.54, 1.807) is 0 Å². The van der Waals surface area contributed by atoms with Gasteiger partial charge in [0.2, 0.25) is 0 Å². The maximum atomic E-state index is 12.4. The quantitative estimate of drug-likeness (QED) is 0.733. The third-order valence-electron chi connectivity index (χ3n) is 1.43. The summed E-state index contributed by atoms with van der Waals surface area (Å²) in [5.74, 6) is 0. The smallest absolute Gasteiger partial charge is 0.258 e. The summed E-state index contributed by atoms with van der Waals surface area (Å²) in [5.41, 5.74) is 0.214. The van der Waals surface area contributed by atoms with E-state index in [1.807, 2.05) is 0 Å². The number of alkyl halides is 3. The largest absolute Gasteiger partial charge is 0.266 e. The van der Waals surface area contributed by atoms with Crippen LogP contribution in [-0.2, 0) is 5.33 Å². The molecule has 1 heterocycles. The number of hydrogen-bond acceptors (Lipinski definition) is 1. The van der Waals surface area contributed by atoms with Gasteiger partial charge in [-0.3, -0.25) is 4.98 Å². The molecule has 0 saturated heterocycles. The molecule has 0 unspecified atom stereocenters. The Kier molecular flexibility index (Phi) is 4.06. The Morgan fingerprint density at radius 1 is 1.54 bits per heavy atom. The predicted octanol–water partition coefficient (Wildman–Crippen LogP) is 4.33. The fourth-order valence-electron chi connectivity index (χ4n) is 0.814. The summed E-state index contributed by atoms with van der Waals surface area (Å²) in [7, 11) is 0. The molecule has 1 aromatic heterocycles. The van der Waals surface area contributed by atoms with E-state index in [9.17, 15) is 8.78 Å². The normalized spacial score (nSPS) is 10.9. The fraction of sp³-hybridized carbons (Fsp3) is 0.286. The van der Waals surface area contributed by atoms with Gasteiger partial charge in [0, 0.05) is 16.0 Å². The van der Waals surface area contributed by atoms with Gasteiger partial charge in [-0.15, -0.1) is 0 Å². The van der Waals surface area contributed by atoms with Gasteiger partial charge in [0.1, 0.15) is 0 Å². The van der Waals surface area contributed by atoms with Crippen LogP contribution in [0, 0.1) is 0 Å². The summed E-state index contributed by atoms with van der Waals surface area (Å²) in [6.07, 6.45) is -1.27. The lowest BCUT2D eigenvalue weighted by Gasteiger charge is -2.07. The molecule has 0 fully saturated rings. The van der Waals surface area contributed by atoms with Gasteiger partial charge in [0.25, 0.3) is 6.43 Å². The van der Waals surface area contributed by atoms with Crippen LogP contribution in [0.2, 0.25) is 5.02 Å². The number of nitrogens with zero attached hydrogens (tertiary/aromatic N) is 1. The van der Waals surface area contributed by atoms with Gasteiger partial charge in [0.05, 0.1) is 16.3 Å². The number of rotatable bonds is 2. The van der Waals surface area contributed by atoms with Crippen LogP contribution in [0.4, 0.5) is 8.78 Å². The van der Waals surface area contributed by atoms with E-state index in [1.165, 1.54) is 6.20 Å². The second-order valence-corrected chi connectivity index (χ2v) is 4.01. The number of halogens is 5. The Morgan fingerprint density at radius 2 is 2.15 bits per heavy atom. The first kappa shape index (κ1) is 11.3. The van der Waals surface area contributed by atoms with Crippen LogP contribution < -0.4 is 0 Å². The Balaban J connectivity index is 3.30. The second-order valence-electron chi connectivity index (χ2n) is 2.21. The molecule has 13 heavy (non-hydrogen) atoms. The van der Waals surface area contributed by atoms with E-state index in [0.717, 1.165) is 0 Å². The van der Waals surface area contributed by atoms with Gasteiger partial charge < -0.3 is 0 Å². The molecule has 0 aliphatic rings. The van der Waals surface area contributed by atoms with Gasteiger partial charge in [-0.2, -0.15) is 0 Å². The van der Waals surface area contributed by atoms with E-state index >= 15 is 0 Å². The molecular weight excluding hydrogens is 331 g/mol. The topological polar surface area (TPSA) is 12.9 Å². The van der Waals surface area contributed by atoms with Crippen molar-refractivity contribution in [3.63, 3.8) is 0 Å². The summed E-state index contributed by atoms with van der Waals surface area (Å²) < 4.78 is 25.1. The van der Waals surface area contributed by atoms with Crippen LogP contribution >= 0.6 is 43.5 Å². The lowest BCUT2D eigenvalue weighted by molar-refractivity contribution is 0.150. The zero-order chi connectivity index (χ0) is 10.0. The van der Waals surface area contributed by atoms with Crippen molar-refractivity contribution < 1.29 is 8.78 Å². The molecule has 72 valence electrons. The van der Waals surface area contributed by atoms with Crippen molar-refractivity contribution in [1.82, 2.24) is 4.98 Å². The van der Waals surface area contributed by atoms with Crippen LogP contribution in [0.3, 0.4) is 0 Å². The minimum absolute atomic E-state index is 0.0150. The molecule has 0 saturated carbocycles. The third kappa shape index (κ3) is 2.39.